The second kappa shape index (κ2) is 7.20. The quantitative estimate of drug-likeness (QED) is 0.323. The predicted octanol–water partition coefficient (Wildman–Crippen LogP) is 1.03. The van der Waals surface area contributed by atoms with Gasteiger partial charge in [-0.2, -0.15) is 0 Å². The van der Waals surface area contributed by atoms with Crippen LogP contribution in [0.4, 0.5) is 0 Å². The fourth-order valence-electron chi connectivity index (χ4n) is 1.30. The third-order valence-electron chi connectivity index (χ3n) is 2.48. The normalized spacial score (nSPS) is 14.4. The highest BCUT2D eigenvalue weighted by molar-refractivity contribution is 5.83. The molecule has 0 aliphatic heterocycles. The molecule has 0 aromatic heterocycles. The number of hydrogen-bond acceptors (Lipinski definition) is 4. The second-order valence-corrected chi connectivity index (χ2v) is 5.26. The molecule has 6 heteroatoms. The molecule has 0 spiro atoms. The number of amides is 1. The summed E-state index contributed by atoms with van der Waals surface area (Å²) >= 11 is 0. The van der Waals surface area contributed by atoms with E-state index in [-0.39, 0.29) is 29.9 Å². The van der Waals surface area contributed by atoms with Crippen LogP contribution in [0.2, 0.25) is 0 Å². The summed E-state index contributed by atoms with van der Waals surface area (Å²) in [7, 11) is 0. The number of carbonyl (C=O) groups is 1. The number of hydrogen-bond donors (Lipinski definition) is 2. The van der Waals surface area contributed by atoms with Gasteiger partial charge < -0.3 is 20.6 Å². The highest BCUT2D eigenvalue weighted by Gasteiger charge is 2.20. The summed E-state index contributed by atoms with van der Waals surface area (Å²) < 4.78 is 5.44. The Labute approximate surface area is 109 Å². The number of likely N-dealkylation sites (N-methyl/N-ethyl adjacent to an activating group) is 1. The lowest BCUT2D eigenvalue weighted by atomic mass is 10.1. The maximum Gasteiger partial charge on any atom is 0.248 e. The Morgan fingerprint density at radius 3 is 2.44 bits per heavy atom. The first-order valence-corrected chi connectivity index (χ1v) is 6.10. The average Bonchev–Trinajstić information content (AvgIpc) is 2.30. The lowest BCUT2D eigenvalue weighted by molar-refractivity contribution is -0.141. The lowest BCUT2D eigenvalue weighted by Crippen LogP contribution is -2.41. The molecule has 6 nitrogen and oxygen atoms in total. The van der Waals surface area contributed by atoms with E-state index in [0.29, 0.717) is 13.1 Å². The third kappa shape index (κ3) is 6.44. The van der Waals surface area contributed by atoms with E-state index in [2.05, 4.69) is 5.16 Å². The Balaban J connectivity index is 4.37. The topological polar surface area (TPSA) is 88.1 Å². The van der Waals surface area contributed by atoms with Gasteiger partial charge in [-0.1, -0.05) is 12.1 Å². The van der Waals surface area contributed by atoms with Crippen molar-refractivity contribution in [2.24, 2.45) is 16.8 Å². The summed E-state index contributed by atoms with van der Waals surface area (Å²) in [5.41, 5.74) is 5.15. The largest absolute Gasteiger partial charge is 0.409 e. The SMILES string of the molecule is CCN(CC(C)C(N)=NO)C(=O)COC(C)(C)C. The number of nitrogens with zero attached hydrogens (tertiary/aromatic N) is 2. The maximum atomic E-state index is 11.9. The highest BCUT2D eigenvalue weighted by Crippen LogP contribution is 2.08. The van der Waals surface area contributed by atoms with Crippen LogP contribution >= 0.6 is 0 Å². The van der Waals surface area contributed by atoms with Crippen LogP contribution in [0.1, 0.15) is 34.6 Å². The minimum absolute atomic E-state index is 0.0419. The molecule has 106 valence electrons. The van der Waals surface area contributed by atoms with Crippen molar-refractivity contribution in [3.05, 3.63) is 0 Å². The lowest BCUT2D eigenvalue weighted by Gasteiger charge is -2.26. The number of carbonyl (C=O) groups excluding carboxylic acids is 1. The summed E-state index contributed by atoms with van der Waals surface area (Å²) in [5.74, 6) is -0.156. The van der Waals surface area contributed by atoms with E-state index in [1.54, 1.807) is 11.8 Å². The van der Waals surface area contributed by atoms with Crippen molar-refractivity contribution >= 4 is 11.7 Å². The molecular weight excluding hydrogens is 234 g/mol. The molecule has 0 heterocycles. The molecule has 1 unspecified atom stereocenters. The van der Waals surface area contributed by atoms with Crippen LogP contribution in [0.5, 0.6) is 0 Å². The van der Waals surface area contributed by atoms with Crippen LogP contribution in [0, 0.1) is 5.92 Å². The standard InChI is InChI=1S/C12H25N3O3/c1-6-15(7-9(2)11(13)14-17)10(16)8-18-12(3,4)5/h9,17H,6-8H2,1-5H3,(H2,13,14). The number of ether oxygens (including phenoxy) is 1. The van der Waals surface area contributed by atoms with Gasteiger partial charge >= 0.3 is 0 Å². The van der Waals surface area contributed by atoms with Gasteiger partial charge in [0.2, 0.25) is 5.91 Å². The zero-order valence-electron chi connectivity index (χ0n) is 11.9. The average molecular weight is 259 g/mol. The van der Waals surface area contributed by atoms with E-state index in [0.717, 1.165) is 0 Å². The molecule has 0 aliphatic rings. The summed E-state index contributed by atoms with van der Waals surface area (Å²) in [6, 6.07) is 0. The van der Waals surface area contributed by atoms with E-state index in [1.807, 2.05) is 27.7 Å². The van der Waals surface area contributed by atoms with Gasteiger partial charge in [0.1, 0.15) is 12.4 Å². The van der Waals surface area contributed by atoms with Crippen LogP contribution in [-0.4, -0.2) is 47.1 Å². The van der Waals surface area contributed by atoms with E-state index in [4.69, 9.17) is 15.7 Å². The van der Waals surface area contributed by atoms with Crippen molar-refractivity contribution in [2.75, 3.05) is 19.7 Å². The molecule has 0 radical (unpaired) electrons. The number of amidine groups is 1. The van der Waals surface area contributed by atoms with Crippen molar-refractivity contribution in [3.8, 4) is 0 Å². The number of rotatable bonds is 6. The van der Waals surface area contributed by atoms with Crippen molar-refractivity contribution in [3.63, 3.8) is 0 Å². The highest BCUT2D eigenvalue weighted by atomic mass is 16.5. The van der Waals surface area contributed by atoms with Gasteiger partial charge in [0, 0.05) is 19.0 Å². The first-order valence-electron chi connectivity index (χ1n) is 6.10. The fourth-order valence-corrected chi connectivity index (χ4v) is 1.30. The molecule has 0 saturated carbocycles. The minimum atomic E-state index is -0.341. The molecule has 1 amide bonds. The maximum absolute atomic E-state index is 11.9. The summed E-state index contributed by atoms with van der Waals surface area (Å²) in [6.45, 7) is 10.4. The molecule has 0 aliphatic carbocycles. The Bertz CT molecular complexity index is 297. The van der Waals surface area contributed by atoms with Crippen molar-refractivity contribution in [1.29, 1.82) is 0 Å². The van der Waals surface area contributed by atoms with Crippen LogP contribution in [0.3, 0.4) is 0 Å². The molecular formula is C12H25N3O3. The van der Waals surface area contributed by atoms with Crippen LogP contribution < -0.4 is 5.73 Å². The van der Waals surface area contributed by atoms with Crippen molar-refractivity contribution < 1.29 is 14.7 Å². The Hall–Kier alpha value is -1.30. The van der Waals surface area contributed by atoms with E-state index < -0.39 is 0 Å². The van der Waals surface area contributed by atoms with E-state index in [1.165, 1.54) is 0 Å². The van der Waals surface area contributed by atoms with Gasteiger partial charge in [0.05, 0.1) is 5.60 Å². The first kappa shape index (κ1) is 16.7. The van der Waals surface area contributed by atoms with E-state index in [9.17, 15) is 4.79 Å². The second-order valence-electron chi connectivity index (χ2n) is 5.26. The van der Waals surface area contributed by atoms with Crippen LogP contribution in [-0.2, 0) is 9.53 Å². The molecule has 0 aromatic rings. The number of oxime groups is 1. The predicted molar refractivity (Wildman–Crippen MR) is 70.5 cm³/mol. The van der Waals surface area contributed by atoms with Gasteiger partial charge in [-0.3, -0.25) is 4.79 Å². The Morgan fingerprint density at radius 1 is 1.50 bits per heavy atom. The summed E-state index contributed by atoms with van der Waals surface area (Å²) in [6.07, 6.45) is 0. The fraction of sp³-hybridized carbons (Fsp3) is 0.833. The Kier molecular flexibility index (Phi) is 6.68. The monoisotopic (exact) mass is 259 g/mol. The summed E-state index contributed by atoms with van der Waals surface area (Å²) in [5, 5.41) is 11.5. The van der Waals surface area contributed by atoms with Gasteiger partial charge in [-0.05, 0) is 27.7 Å². The molecule has 18 heavy (non-hydrogen) atoms. The van der Waals surface area contributed by atoms with Gasteiger partial charge in [0.25, 0.3) is 0 Å². The van der Waals surface area contributed by atoms with Gasteiger partial charge in [0.15, 0.2) is 0 Å². The van der Waals surface area contributed by atoms with Crippen molar-refractivity contribution in [1.82, 2.24) is 4.90 Å². The third-order valence-corrected chi connectivity index (χ3v) is 2.48. The zero-order valence-corrected chi connectivity index (χ0v) is 11.9. The molecule has 0 bridgehead atoms. The number of nitrogens with two attached hydrogens (primary N) is 1. The van der Waals surface area contributed by atoms with Crippen LogP contribution in [0.25, 0.3) is 0 Å². The Morgan fingerprint density at radius 2 is 2.06 bits per heavy atom. The minimum Gasteiger partial charge on any atom is -0.409 e. The summed E-state index contributed by atoms with van der Waals surface area (Å²) in [4.78, 5) is 13.6. The van der Waals surface area contributed by atoms with Crippen molar-refractivity contribution in [2.45, 2.75) is 40.2 Å². The molecule has 1 atom stereocenters. The van der Waals surface area contributed by atoms with Gasteiger partial charge in [-0.25, -0.2) is 0 Å². The molecule has 0 saturated heterocycles. The van der Waals surface area contributed by atoms with Crippen LogP contribution in [0.15, 0.2) is 5.16 Å². The smallest absolute Gasteiger partial charge is 0.248 e. The molecule has 0 rings (SSSR count). The first-order chi connectivity index (χ1) is 8.21. The molecule has 3 N–H and O–H groups in total. The van der Waals surface area contributed by atoms with E-state index >= 15 is 0 Å². The molecule has 0 fully saturated rings. The zero-order chi connectivity index (χ0) is 14.3. The molecule has 0 aromatic carbocycles. The van der Waals surface area contributed by atoms with Gasteiger partial charge in [-0.15, -0.1) is 0 Å².